The van der Waals surface area contributed by atoms with Crippen LogP contribution in [0.3, 0.4) is 0 Å². The molecular weight excluding hydrogens is 627 g/mol. The smallest absolute Gasteiger partial charge is 0.272 e. The minimum atomic E-state index is -0.487. The number of nitrogens with zero attached hydrogens (tertiary/aromatic N) is 2. The molecule has 0 fully saturated rings. The predicted octanol–water partition coefficient (Wildman–Crippen LogP) is 7.34. The van der Waals surface area contributed by atoms with Gasteiger partial charge in [-0.2, -0.15) is 5.26 Å². The standard InChI is InChI=1S/C37H37N5O3S2/c1-23-13-18-30-31(22-38)37(47-33(30)19-23)41-34(43)24(2)46-29-12-8-11-27(21-29)39-36(45)32(40-35(44)26-9-6-5-7-10-26)20-25-14-16-28(17-15-25)42(3)4/h5-12,14-17,20-21,23-24H,13,18-19H2,1-4H3,(H,39,45)(H,40,44)(H,41,43)/b32-20+. The van der Waals surface area contributed by atoms with Gasteiger partial charge in [0, 0.05) is 40.8 Å². The molecule has 5 rings (SSSR count). The Labute approximate surface area is 283 Å². The van der Waals surface area contributed by atoms with Crippen LogP contribution in [0, 0.1) is 17.2 Å². The number of carbonyl (C=O) groups is 3. The van der Waals surface area contributed by atoms with E-state index in [9.17, 15) is 19.6 Å². The molecule has 0 radical (unpaired) electrons. The van der Waals surface area contributed by atoms with Gasteiger partial charge >= 0.3 is 0 Å². The van der Waals surface area contributed by atoms with Gasteiger partial charge in [0.15, 0.2) is 0 Å². The largest absolute Gasteiger partial charge is 0.378 e. The fourth-order valence-electron chi connectivity index (χ4n) is 5.25. The Morgan fingerprint density at radius 3 is 2.47 bits per heavy atom. The number of thioether (sulfide) groups is 1. The van der Waals surface area contributed by atoms with Gasteiger partial charge in [-0.05, 0) is 91.8 Å². The van der Waals surface area contributed by atoms with E-state index in [2.05, 4.69) is 28.9 Å². The molecule has 0 aliphatic heterocycles. The maximum atomic E-state index is 13.6. The molecule has 1 heterocycles. The lowest BCUT2D eigenvalue weighted by atomic mass is 9.89. The van der Waals surface area contributed by atoms with Crippen molar-refractivity contribution >= 4 is 63.3 Å². The predicted molar refractivity (Wildman–Crippen MR) is 192 cm³/mol. The summed E-state index contributed by atoms with van der Waals surface area (Å²) in [6, 6.07) is 25.9. The second-order valence-corrected chi connectivity index (χ2v) is 14.3. The zero-order valence-electron chi connectivity index (χ0n) is 26.8. The molecule has 3 aromatic carbocycles. The van der Waals surface area contributed by atoms with Gasteiger partial charge in [-0.3, -0.25) is 14.4 Å². The minimum absolute atomic E-state index is 0.0867. The van der Waals surface area contributed by atoms with Crippen LogP contribution in [0.25, 0.3) is 6.08 Å². The highest BCUT2D eigenvalue weighted by molar-refractivity contribution is 8.00. The lowest BCUT2D eigenvalue weighted by molar-refractivity contribution is -0.115. The van der Waals surface area contributed by atoms with E-state index >= 15 is 0 Å². The van der Waals surface area contributed by atoms with Gasteiger partial charge in [0.25, 0.3) is 11.8 Å². The second-order valence-electron chi connectivity index (χ2n) is 11.8. The Kier molecular flexibility index (Phi) is 10.8. The fraction of sp³-hybridized carbons (Fsp3) is 0.243. The summed E-state index contributed by atoms with van der Waals surface area (Å²) in [4.78, 5) is 43.8. The molecule has 240 valence electrons. The van der Waals surface area contributed by atoms with Crippen LogP contribution in [0.1, 0.15) is 52.2 Å². The van der Waals surface area contributed by atoms with Crippen molar-refractivity contribution < 1.29 is 14.4 Å². The van der Waals surface area contributed by atoms with Gasteiger partial charge in [-0.25, -0.2) is 0 Å². The summed E-state index contributed by atoms with van der Waals surface area (Å²) in [6.07, 6.45) is 4.48. The van der Waals surface area contributed by atoms with Crippen LogP contribution in [0.2, 0.25) is 0 Å². The van der Waals surface area contributed by atoms with E-state index in [0.29, 0.717) is 27.7 Å². The van der Waals surface area contributed by atoms with E-state index in [0.717, 1.165) is 41.0 Å². The van der Waals surface area contributed by atoms with Crippen molar-refractivity contribution in [2.75, 3.05) is 29.6 Å². The van der Waals surface area contributed by atoms with Gasteiger partial charge in [-0.15, -0.1) is 23.1 Å². The quantitative estimate of drug-likeness (QED) is 0.121. The lowest BCUT2D eigenvalue weighted by Gasteiger charge is -2.17. The zero-order valence-corrected chi connectivity index (χ0v) is 28.4. The molecule has 2 unspecified atom stereocenters. The Balaban J connectivity index is 1.29. The van der Waals surface area contributed by atoms with Crippen LogP contribution in [-0.2, 0) is 22.4 Å². The number of nitriles is 1. The van der Waals surface area contributed by atoms with Gasteiger partial charge in [0.2, 0.25) is 5.91 Å². The molecule has 2 atom stereocenters. The highest BCUT2D eigenvalue weighted by atomic mass is 32.2. The van der Waals surface area contributed by atoms with E-state index < -0.39 is 17.1 Å². The highest BCUT2D eigenvalue weighted by Gasteiger charge is 2.26. The van der Waals surface area contributed by atoms with Crippen molar-refractivity contribution in [2.24, 2.45) is 5.92 Å². The number of benzene rings is 3. The topological polar surface area (TPSA) is 114 Å². The first kappa shape index (κ1) is 33.5. The van der Waals surface area contributed by atoms with E-state index in [1.54, 1.807) is 48.5 Å². The first-order valence-electron chi connectivity index (χ1n) is 15.4. The number of rotatable bonds is 10. The Hall–Kier alpha value is -4.85. The number of anilines is 3. The van der Waals surface area contributed by atoms with Crippen LogP contribution in [0.5, 0.6) is 0 Å². The third-order valence-corrected chi connectivity index (χ3v) is 10.1. The normalized spacial score (nSPS) is 14.7. The Morgan fingerprint density at radius 1 is 1.02 bits per heavy atom. The highest BCUT2D eigenvalue weighted by Crippen LogP contribution is 2.39. The lowest BCUT2D eigenvalue weighted by Crippen LogP contribution is -2.30. The molecule has 1 aliphatic carbocycles. The monoisotopic (exact) mass is 663 g/mol. The number of amides is 3. The van der Waals surface area contributed by atoms with Gasteiger partial charge in [0.1, 0.15) is 16.8 Å². The molecule has 10 heteroatoms. The molecular formula is C37H37N5O3S2. The third-order valence-electron chi connectivity index (χ3n) is 7.88. The summed E-state index contributed by atoms with van der Waals surface area (Å²) < 4.78 is 0. The van der Waals surface area contributed by atoms with E-state index in [-0.39, 0.29) is 11.6 Å². The summed E-state index contributed by atoms with van der Waals surface area (Å²) in [6.45, 7) is 4.03. The van der Waals surface area contributed by atoms with Gasteiger partial charge < -0.3 is 20.9 Å². The van der Waals surface area contributed by atoms with Crippen LogP contribution >= 0.6 is 23.1 Å². The van der Waals surface area contributed by atoms with Crippen molar-refractivity contribution in [3.05, 3.63) is 112 Å². The number of fused-ring (bicyclic) bond motifs is 1. The molecule has 47 heavy (non-hydrogen) atoms. The summed E-state index contributed by atoms with van der Waals surface area (Å²) in [7, 11) is 3.90. The summed E-state index contributed by atoms with van der Waals surface area (Å²) in [5.41, 5.74) is 4.45. The first-order chi connectivity index (χ1) is 22.6. The molecule has 3 N–H and O–H groups in total. The number of nitrogens with one attached hydrogen (secondary N) is 3. The van der Waals surface area contributed by atoms with Gasteiger partial charge in [0.05, 0.1) is 10.8 Å². The molecule has 1 aromatic heterocycles. The molecule has 0 saturated heterocycles. The maximum absolute atomic E-state index is 13.6. The number of hydrogen-bond acceptors (Lipinski definition) is 7. The first-order valence-corrected chi connectivity index (χ1v) is 17.1. The van der Waals surface area contributed by atoms with Crippen molar-refractivity contribution in [1.82, 2.24) is 5.32 Å². The van der Waals surface area contributed by atoms with Crippen molar-refractivity contribution in [2.45, 2.75) is 43.3 Å². The molecule has 8 nitrogen and oxygen atoms in total. The Bertz CT molecular complexity index is 1840. The van der Waals surface area contributed by atoms with E-state index in [4.69, 9.17) is 0 Å². The summed E-state index contributed by atoms with van der Waals surface area (Å²) >= 11 is 2.86. The average molecular weight is 664 g/mol. The van der Waals surface area contributed by atoms with Gasteiger partial charge in [-0.1, -0.05) is 43.3 Å². The third kappa shape index (κ3) is 8.50. The van der Waals surface area contributed by atoms with Crippen molar-refractivity contribution in [3.8, 4) is 6.07 Å². The molecule has 1 aliphatic rings. The van der Waals surface area contributed by atoms with E-state index in [1.165, 1.54) is 28.0 Å². The van der Waals surface area contributed by atoms with Crippen LogP contribution < -0.4 is 20.9 Å². The van der Waals surface area contributed by atoms with Crippen molar-refractivity contribution in [3.63, 3.8) is 0 Å². The summed E-state index contributed by atoms with van der Waals surface area (Å²) in [5, 5.41) is 18.6. The fourth-order valence-corrected chi connectivity index (χ4v) is 7.54. The molecule has 0 saturated carbocycles. The Morgan fingerprint density at radius 2 is 1.77 bits per heavy atom. The SMILES string of the molecule is CC1CCc2c(sc(NC(=O)C(C)Sc3cccc(NC(=O)/C(=C\c4ccc(N(C)C)cc4)NC(=O)c4ccccc4)c3)c2C#N)C1. The van der Waals surface area contributed by atoms with Crippen LogP contribution in [0.15, 0.2) is 89.5 Å². The number of hydrogen-bond donors (Lipinski definition) is 3. The van der Waals surface area contributed by atoms with Crippen LogP contribution in [-0.4, -0.2) is 37.1 Å². The van der Waals surface area contributed by atoms with Crippen LogP contribution in [0.4, 0.5) is 16.4 Å². The number of carbonyl (C=O) groups excluding carboxylic acids is 3. The molecule has 4 aromatic rings. The molecule has 0 bridgehead atoms. The number of thiophene rings is 1. The molecule has 0 spiro atoms. The average Bonchev–Trinajstić information content (AvgIpc) is 3.40. The zero-order chi connectivity index (χ0) is 33.5. The maximum Gasteiger partial charge on any atom is 0.272 e. The van der Waals surface area contributed by atoms with E-state index in [1.807, 2.05) is 62.3 Å². The molecule has 3 amide bonds. The van der Waals surface area contributed by atoms with Crippen molar-refractivity contribution in [1.29, 1.82) is 5.26 Å². The minimum Gasteiger partial charge on any atom is -0.378 e. The summed E-state index contributed by atoms with van der Waals surface area (Å²) in [5.74, 6) is -0.512. The second kappa shape index (κ2) is 15.2.